The van der Waals surface area contributed by atoms with Gasteiger partial charge in [0.1, 0.15) is 23.7 Å². The average molecular weight is 421 g/mol. The van der Waals surface area contributed by atoms with Crippen molar-refractivity contribution >= 4 is 23.1 Å². The lowest BCUT2D eigenvalue weighted by molar-refractivity contribution is -0.138. The van der Waals surface area contributed by atoms with Crippen LogP contribution in [0.1, 0.15) is 31.0 Å². The average Bonchev–Trinajstić information content (AvgIpc) is 2.65. The molecule has 0 radical (unpaired) electrons. The van der Waals surface area contributed by atoms with Crippen LogP contribution in [-0.4, -0.2) is 41.1 Å². The Morgan fingerprint density at radius 3 is 2.70 bits per heavy atom. The second-order valence-electron chi connectivity index (χ2n) is 7.72. The van der Waals surface area contributed by atoms with Crippen LogP contribution in [-0.2, 0) is 11.0 Å². The molecule has 160 valence electrons. The Hall–Kier alpha value is -3.04. The molecule has 2 aromatic heterocycles. The monoisotopic (exact) mass is 421 g/mol. The molecule has 0 saturated heterocycles. The van der Waals surface area contributed by atoms with Crippen molar-refractivity contribution in [2.75, 3.05) is 22.6 Å². The number of halogens is 3. The third-order valence-electron chi connectivity index (χ3n) is 5.56. The van der Waals surface area contributed by atoms with Gasteiger partial charge < -0.3 is 20.3 Å². The third-order valence-corrected chi connectivity index (χ3v) is 5.56. The second kappa shape index (κ2) is 7.33. The van der Waals surface area contributed by atoms with Gasteiger partial charge in [-0.15, -0.1) is 0 Å². The van der Waals surface area contributed by atoms with Gasteiger partial charge in [0.2, 0.25) is 5.91 Å². The van der Waals surface area contributed by atoms with E-state index in [2.05, 4.69) is 20.6 Å². The molecule has 3 heterocycles. The number of nitrogens with one attached hydrogen (secondary N) is 2. The Labute approximate surface area is 171 Å². The number of amides is 1. The maximum atomic E-state index is 12.8. The van der Waals surface area contributed by atoms with Crippen LogP contribution in [0.3, 0.4) is 0 Å². The summed E-state index contributed by atoms with van der Waals surface area (Å²) >= 11 is 0. The van der Waals surface area contributed by atoms with Crippen LogP contribution in [0.5, 0.6) is 5.75 Å². The van der Waals surface area contributed by atoms with Gasteiger partial charge in [0.25, 0.3) is 0 Å². The maximum Gasteiger partial charge on any atom is 0.418 e. The van der Waals surface area contributed by atoms with E-state index in [0.717, 1.165) is 18.0 Å². The van der Waals surface area contributed by atoms with Crippen LogP contribution in [0, 0.1) is 6.92 Å². The molecule has 0 spiro atoms. The van der Waals surface area contributed by atoms with E-state index in [4.69, 9.17) is 4.74 Å². The van der Waals surface area contributed by atoms with E-state index >= 15 is 0 Å². The van der Waals surface area contributed by atoms with Crippen molar-refractivity contribution in [2.45, 2.75) is 51.1 Å². The summed E-state index contributed by atoms with van der Waals surface area (Å²) in [6, 6.07) is 2.67. The fraction of sp³-hybridized carbons (Fsp3) is 0.450. The quantitative estimate of drug-likeness (QED) is 0.785. The standard InChI is InChI=1S/C20H22F3N5O2/c1-10-18-16(28(3)11(2)19(29)27-18)7-17(25-10)26-13-5-14(6-13)30-15-4-12(8-24-9-15)20(21,22)23/h4,7-9,11,13-14H,5-6H2,1-3H3,(H,25,26)(H,27,29)/t11-,13-,14-/m0/s1. The highest BCUT2D eigenvalue weighted by Crippen LogP contribution is 2.37. The summed E-state index contributed by atoms with van der Waals surface area (Å²) in [4.78, 5) is 22.1. The molecule has 7 nitrogen and oxygen atoms in total. The largest absolute Gasteiger partial charge is 0.489 e. The Bertz CT molecular complexity index is 975. The summed E-state index contributed by atoms with van der Waals surface area (Å²) in [5.74, 6) is 0.728. The number of rotatable bonds is 4. The molecule has 1 saturated carbocycles. The Balaban J connectivity index is 1.38. The number of fused-ring (bicyclic) bond motifs is 1. The van der Waals surface area contributed by atoms with Gasteiger partial charge in [-0.1, -0.05) is 0 Å². The molecule has 1 amide bonds. The van der Waals surface area contributed by atoms with Crippen LogP contribution in [0.15, 0.2) is 24.5 Å². The first-order valence-corrected chi connectivity index (χ1v) is 9.62. The van der Waals surface area contributed by atoms with Gasteiger partial charge in [-0.25, -0.2) is 4.98 Å². The van der Waals surface area contributed by atoms with E-state index in [1.807, 2.05) is 31.9 Å². The highest BCUT2D eigenvalue weighted by Gasteiger charge is 2.34. The lowest BCUT2D eigenvalue weighted by Crippen LogP contribution is -2.45. The summed E-state index contributed by atoms with van der Waals surface area (Å²) < 4.78 is 44.0. The number of carbonyl (C=O) groups is 1. The van der Waals surface area contributed by atoms with E-state index < -0.39 is 11.7 Å². The summed E-state index contributed by atoms with van der Waals surface area (Å²) in [6.45, 7) is 3.67. The van der Waals surface area contributed by atoms with Crippen molar-refractivity contribution in [2.24, 2.45) is 0 Å². The number of carbonyl (C=O) groups excluding carboxylic acids is 1. The number of aromatic nitrogens is 2. The smallest absolute Gasteiger partial charge is 0.418 e. The van der Waals surface area contributed by atoms with Gasteiger partial charge >= 0.3 is 6.18 Å². The minimum absolute atomic E-state index is 0.0707. The molecule has 2 N–H and O–H groups in total. The summed E-state index contributed by atoms with van der Waals surface area (Å²) in [7, 11) is 1.86. The summed E-state index contributed by atoms with van der Waals surface area (Å²) in [6.07, 6.45) is -1.30. The molecule has 0 unspecified atom stereocenters. The number of hydrogen-bond acceptors (Lipinski definition) is 6. The maximum absolute atomic E-state index is 12.8. The molecular weight excluding hydrogens is 399 g/mol. The first-order valence-electron chi connectivity index (χ1n) is 9.62. The van der Waals surface area contributed by atoms with Gasteiger partial charge in [-0.2, -0.15) is 13.2 Å². The van der Waals surface area contributed by atoms with Crippen LogP contribution in [0.4, 0.5) is 30.4 Å². The SMILES string of the molecule is Cc1nc(N[C@H]2C[C@H](Oc3cncc(C(F)(F)F)c3)C2)cc2c1NC(=O)[C@H](C)N2C. The first-order chi connectivity index (χ1) is 14.1. The number of pyridine rings is 2. The van der Waals surface area contributed by atoms with Crippen molar-refractivity contribution in [3.63, 3.8) is 0 Å². The predicted octanol–water partition coefficient (Wildman–Crippen LogP) is 3.60. The van der Waals surface area contributed by atoms with Gasteiger partial charge in [-0.3, -0.25) is 9.78 Å². The zero-order valence-corrected chi connectivity index (χ0v) is 16.7. The van der Waals surface area contributed by atoms with E-state index in [1.165, 1.54) is 6.20 Å². The number of alkyl halides is 3. The predicted molar refractivity (Wildman–Crippen MR) is 106 cm³/mol. The number of aryl methyl sites for hydroxylation is 1. The molecule has 30 heavy (non-hydrogen) atoms. The Morgan fingerprint density at radius 2 is 2.00 bits per heavy atom. The number of likely N-dealkylation sites (N-methyl/N-ethyl adjacent to an activating group) is 1. The van der Waals surface area contributed by atoms with Crippen LogP contribution >= 0.6 is 0 Å². The minimum atomic E-state index is -4.45. The first kappa shape index (κ1) is 20.2. The molecule has 2 aromatic rings. The fourth-order valence-corrected chi connectivity index (χ4v) is 3.59. The molecule has 0 bridgehead atoms. The molecule has 1 atom stereocenters. The molecule has 1 aliphatic heterocycles. The van der Waals surface area contributed by atoms with Crippen molar-refractivity contribution in [1.29, 1.82) is 0 Å². The molecule has 10 heteroatoms. The molecule has 1 fully saturated rings. The van der Waals surface area contributed by atoms with Gasteiger partial charge in [0.15, 0.2) is 0 Å². The van der Waals surface area contributed by atoms with E-state index in [1.54, 1.807) is 0 Å². The Kier molecular flexibility index (Phi) is 4.95. The number of nitrogens with zero attached hydrogens (tertiary/aromatic N) is 3. The lowest BCUT2D eigenvalue weighted by Gasteiger charge is -2.37. The summed E-state index contributed by atoms with van der Waals surface area (Å²) in [5.41, 5.74) is 1.48. The highest BCUT2D eigenvalue weighted by atomic mass is 19.4. The highest BCUT2D eigenvalue weighted by molar-refractivity contribution is 6.04. The molecular formula is C20H22F3N5O2. The molecule has 2 aliphatic rings. The fourth-order valence-electron chi connectivity index (χ4n) is 3.59. The van der Waals surface area contributed by atoms with E-state index in [0.29, 0.717) is 30.0 Å². The summed E-state index contributed by atoms with van der Waals surface area (Å²) in [5, 5.41) is 6.23. The zero-order chi connectivity index (χ0) is 21.6. The minimum Gasteiger partial charge on any atom is -0.489 e. The van der Waals surface area contributed by atoms with E-state index in [-0.39, 0.29) is 29.8 Å². The Morgan fingerprint density at radius 1 is 1.27 bits per heavy atom. The second-order valence-corrected chi connectivity index (χ2v) is 7.72. The van der Waals surface area contributed by atoms with Crippen molar-refractivity contribution in [3.05, 3.63) is 35.8 Å². The van der Waals surface area contributed by atoms with Crippen molar-refractivity contribution < 1.29 is 22.7 Å². The number of anilines is 3. The normalized spacial score (nSPS) is 23.3. The van der Waals surface area contributed by atoms with Crippen molar-refractivity contribution in [3.8, 4) is 5.75 Å². The van der Waals surface area contributed by atoms with Crippen LogP contribution in [0.2, 0.25) is 0 Å². The molecule has 4 rings (SSSR count). The van der Waals surface area contributed by atoms with Gasteiger partial charge in [0.05, 0.1) is 28.8 Å². The van der Waals surface area contributed by atoms with Crippen LogP contribution < -0.4 is 20.3 Å². The number of hydrogen-bond donors (Lipinski definition) is 2. The number of ether oxygens (including phenoxy) is 1. The van der Waals surface area contributed by atoms with Crippen molar-refractivity contribution in [1.82, 2.24) is 9.97 Å². The lowest BCUT2D eigenvalue weighted by atomic mass is 9.89. The van der Waals surface area contributed by atoms with Gasteiger partial charge in [-0.05, 0) is 19.9 Å². The third kappa shape index (κ3) is 3.86. The molecule has 0 aromatic carbocycles. The zero-order valence-electron chi connectivity index (χ0n) is 16.7. The van der Waals surface area contributed by atoms with Gasteiger partial charge in [0, 0.05) is 38.2 Å². The molecule has 1 aliphatic carbocycles. The topological polar surface area (TPSA) is 79.4 Å². The van der Waals surface area contributed by atoms with Crippen LogP contribution in [0.25, 0.3) is 0 Å². The van der Waals surface area contributed by atoms with E-state index in [9.17, 15) is 18.0 Å².